The number of aliphatic hydroxyl groups is 4. The first kappa shape index (κ1) is 15.0. The van der Waals surface area contributed by atoms with Gasteiger partial charge in [0.15, 0.2) is 0 Å². The molecule has 0 fully saturated rings. The second kappa shape index (κ2) is 7.31. The van der Waals surface area contributed by atoms with Crippen LogP contribution in [0.5, 0.6) is 0 Å². The number of ether oxygens (including phenoxy) is 1. The van der Waals surface area contributed by atoms with E-state index < -0.39 is 37.0 Å². The van der Waals surface area contributed by atoms with Gasteiger partial charge in [-0.05, 0) is 6.08 Å². The molecule has 16 heavy (non-hydrogen) atoms. The van der Waals surface area contributed by atoms with Crippen LogP contribution in [0.25, 0.3) is 0 Å². The van der Waals surface area contributed by atoms with Gasteiger partial charge in [-0.25, -0.2) is 4.79 Å². The molecule has 0 aromatic rings. The fourth-order valence-electron chi connectivity index (χ4n) is 1.12. The van der Waals surface area contributed by atoms with E-state index in [1.54, 1.807) is 0 Å². The summed E-state index contributed by atoms with van der Waals surface area (Å²) >= 11 is 0. The molecule has 0 amide bonds. The molecule has 0 bridgehead atoms. The summed E-state index contributed by atoms with van der Waals surface area (Å²) in [6, 6.07) is 0. The van der Waals surface area contributed by atoms with Gasteiger partial charge in [0.25, 0.3) is 0 Å². The van der Waals surface area contributed by atoms with Crippen LogP contribution in [-0.2, 0) is 9.53 Å². The minimum absolute atomic E-state index is 0.648. The lowest BCUT2D eigenvalue weighted by Gasteiger charge is -2.27. The van der Waals surface area contributed by atoms with Crippen LogP contribution < -0.4 is 0 Å². The Bertz CT molecular complexity index is 240. The molecule has 7 nitrogen and oxygen atoms in total. The summed E-state index contributed by atoms with van der Waals surface area (Å²) < 4.78 is 4.69. The number of aliphatic hydroxyl groups excluding tert-OH is 4. The number of hydrogen-bond donors (Lipinski definition) is 5. The zero-order valence-electron chi connectivity index (χ0n) is 8.72. The van der Waals surface area contributed by atoms with Gasteiger partial charge in [0.2, 0.25) is 0 Å². The van der Waals surface area contributed by atoms with Crippen LogP contribution in [0.2, 0.25) is 0 Å². The van der Waals surface area contributed by atoms with Crippen molar-refractivity contribution < 1.29 is 35.1 Å². The predicted molar refractivity (Wildman–Crippen MR) is 52.7 cm³/mol. The smallest absolute Gasteiger partial charge is 0.328 e. The highest BCUT2D eigenvalue weighted by atomic mass is 16.5. The number of methoxy groups -OCH3 is 1. The average molecular weight is 236 g/mol. The summed E-state index contributed by atoms with van der Waals surface area (Å²) in [7, 11) is 1.18. The molecule has 0 rings (SSSR count). The molecule has 0 aromatic heterocycles. The van der Waals surface area contributed by atoms with E-state index >= 15 is 0 Å². The quantitative estimate of drug-likeness (QED) is 0.315. The number of carboxylic acids is 1. The molecule has 0 spiro atoms. The Labute approximate surface area is 92.2 Å². The third kappa shape index (κ3) is 4.69. The molecule has 7 heteroatoms. The largest absolute Gasteiger partial charge is 0.478 e. The maximum Gasteiger partial charge on any atom is 0.328 e. The molecule has 0 heterocycles. The zero-order valence-corrected chi connectivity index (χ0v) is 8.72. The molecule has 94 valence electrons. The lowest BCUT2D eigenvalue weighted by molar-refractivity contribution is -0.131. The van der Waals surface area contributed by atoms with Crippen LogP contribution in [-0.4, -0.2) is 69.6 Å². The topological polar surface area (TPSA) is 127 Å². The summed E-state index contributed by atoms with van der Waals surface area (Å²) in [5, 5.41) is 45.0. The predicted octanol–water partition coefficient (Wildman–Crippen LogP) is -2.28. The number of hydrogen-bond acceptors (Lipinski definition) is 6. The molecular formula is C9H16O7. The minimum atomic E-state index is -1.54. The minimum Gasteiger partial charge on any atom is -0.478 e. The second-order valence-corrected chi connectivity index (χ2v) is 3.13. The van der Waals surface area contributed by atoms with Crippen molar-refractivity contribution in [3.05, 3.63) is 12.2 Å². The van der Waals surface area contributed by atoms with E-state index in [2.05, 4.69) is 0 Å². The summed E-state index contributed by atoms with van der Waals surface area (Å²) in [5.41, 5.74) is 0. The van der Waals surface area contributed by atoms with Crippen LogP contribution in [0, 0.1) is 0 Å². The first-order chi connectivity index (χ1) is 7.43. The molecule has 0 aliphatic rings. The summed E-state index contributed by atoms with van der Waals surface area (Å²) in [4.78, 5) is 10.2. The van der Waals surface area contributed by atoms with Gasteiger partial charge in [-0.15, -0.1) is 0 Å². The molecule has 4 atom stereocenters. The molecule has 0 aromatic carbocycles. The molecule has 3 unspecified atom stereocenters. The van der Waals surface area contributed by atoms with Gasteiger partial charge in [-0.3, -0.25) is 0 Å². The van der Waals surface area contributed by atoms with Crippen molar-refractivity contribution >= 4 is 5.97 Å². The normalized spacial score (nSPS) is 19.3. The van der Waals surface area contributed by atoms with Gasteiger partial charge in [0.05, 0.1) is 6.61 Å². The third-order valence-corrected chi connectivity index (χ3v) is 1.96. The first-order valence-electron chi connectivity index (χ1n) is 4.53. The Kier molecular flexibility index (Phi) is 6.86. The van der Waals surface area contributed by atoms with Crippen molar-refractivity contribution in [3.63, 3.8) is 0 Å². The number of carboxylic acid groups (broad SMARTS) is 1. The van der Waals surface area contributed by atoms with Crippen molar-refractivity contribution in [2.24, 2.45) is 0 Å². The van der Waals surface area contributed by atoms with Crippen molar-refractivity contribution in [1.82, 2.24) is 0 Å². The summed E-state index contributed by atoms with van der Waals surface area (Å²) in [6.45, 7) is -0.648. The highest BCUT2D eigenvalue weighted by Crippen LogP contribution is 2.09. The van der Waals surface area contributed by atoms with E-state index in [-0.39, 0.29) is 0 Å². The summed E-state index contributed by atoms with van der Waals surface area (Å²) in [6.07, 6.45) is -4.12. The van der Waals surface area contributed by atoms with Gasteiger partial charge in [-0.1, -0.05) is 0 Å². The van der Waals surface area contributed by atoms with Crippen LogP contribution in [0.4, 0.5) is 0 Å². The Morgan fingerprint density at radius 1 is 1.38 bits per heavy atom. The molecule has 0 radical (unpaired) electrons. The standard InChI is InChI=1S/C9H16O7/c1-16-9(6(12)4-10)8(15)5(11)2-3-7(13)14/h2-3,5-6,8-12,15H,4H2,1H3,(H,13,14)/b3-2+/t5-,6?,8?,9?/m1/s1. The Hall–Kier alpha value is -0.990. The number of aliphatic carboxylic acids is 1. The maximum atomic E-state index is 10.2. The van der Waals surface area contributed by atoms with Crippen molar-refractivity contribution in [2.75, 3.05) is 13.7 Å². The highest BCUT2D eigenvalue weighted by Gasteiger charge is 2.30. The summed E-state index contributed by atoms with van der Waals surface area (Å²) in [5.74, 6) is -1.28. The third-order valence-electron chi connectivity index (χ3n) is 1.96. The lowest BCUT2D eigenvalue weighted by Crippen LogP contribution is -2.46. The van der Waals surface area contributed by atoms with Crippen LogP contribution >= 0.6 is 0 Å². The average Bonchev–Trinajstić information content (AvgIpc) is 2.26. The van der Waals surface area contributed by atoms with Gasteiger partial charge in [-0.2, -0.15) is 0 Å². The molecule has 0 aliphatic heterocycles. The van der Waals surface area contributed by atoms with Crippen LogP contribution in [0.15, 0.2) is 12.2 Å². The zero-order chi connectivity index (χ0) is 12.7. The molecule has 5 N–H and O–H groups in total. The van der Waals surface area contributed by atoms with E-state index in [1.165, 1.54) is 7.11 Å². The maximum absolute atomic E-state index is 10.2. The second-order valence-electron chi connectivity index (χ2n) is 3.13. The van der Waals surface area contributed by atoms with Gasteiger partial charge >= 0.3 is 5.97 Å². The molecule has 0 saturated heterocycles. The highest BCUT2D eigenvalue weighted by molar-refractivity contribution is 5.79. The van der Waals surface area contributed by atoms with Gasteiger partial charge in [0.1, 0.15) is 24.4 Å². The van der Waals surface area contributed by atoms with E-state index in [0.29, 0.717) is 6.08 Å². The number of rotatable bonds is 7. The van der Waals surface area contributed by atoms with Crippen LogP contribution in [0.3, 0.4) is 0 Å². The van der Waals surface area contributed by atoms with E-state index in [0.717, 1.165) is 6.08 Å². The van der Waals surface area contributed by atoms with E-state index in [1.807, 2.05) is 0 Å². The Morgan fingerprint density at radius 3 is 2.31 bits per heavy atom. The fraction of sp³-hybridized carbons (Fsp3) is 0.667. The van der Waals surface area contributed by atoms with Crippen molar-refractivity contribution in [3.8, 4) is 0 Å². The van der Waals surface area contributed by atoms with E-state index in [9.17, 15) is 20.1 Å². The molecule has 0 saturated carbocycles. The number of carbonyl (C=O) groups is 1. The molecule has 0 aliphatic carbocycles. The first-order valence-corrected chi connectivity index (χ1v) is 4.53. The Balaban J connectivity index is 4.49. The van der Waals surface area contributed by atoms with Gasteiger partial charge in [0, 0.05) is 13.2 Å². The molecular weight excluding hydrogens is 220 g/mol. The monoisotopic (exact) mass is 236 g/mol. The van der Waals surface area contributed by atoms with Crippen LogP contribution in [0.1, 0.15) is 0 Å². The Morgan fingerprint density at radius 2 is 1.94 bits per heavy atom. The van der Waals surface area contributed by atoms with E-state index in [4.69, 9.17) is 14.9 Å². The van der Waals surface area contributed by atoms with Gasteiger partial charge < -0.3 is 30.3 Å². The van der Waals surface area contributed by atoms with Crippen molar-refractivity contribution in [2.45, 2.75) is 24.4 Å². The fourth-order valence-corrected chi connectivity index (χ4v) is 1.12. The lowest BCUT2D eigenvalue weighted by atomic mass is 10.0. The van der Waals surface area contributed by atoms with Crippen molar-refractivity contribution in [1.29, 1.82) is 0 Å². The SMILES string of the molecule is COC(C(O)CO)C(O)[C@H](O)/C=C/C(=O)O.